The van der Waals surface area contributed by atoms with E-state index in [4.69, 9.17) is 9.47 Å². The topological polar surface area (TPSA) is 96.4 Å². The summed E-state index contributed by atoms with van der Waals surface area (Å²) in [6, 6.07) is 15.4. The van der Waals surface area contributed by atoms with Gasteiger partial charge in [-0.15, -0.1) is 24.9 Å². The van der Waals surface area contributed by atoms with Gasteiger partial charge in [0, 0.05) is 17.5 Å². The summed E-state index contributed by atoms with van der Waals surface area (Å²) < 4.78 is 10.3. The van der Waals surface area contributed by atoms with Gasteiger partial charge in [0.2, 0.25) is 5.91 Å². The van der Waals surface area contributed by atoms with E-state index >= 15 is 0 Å². The zero-order chi connectivity index (χ0) is 31.3. The number of allylic oxidation sites excluding steroid dienone is 1. The molecule has 2 aromatic carbocycles. The van der Waals surface area contributed by atoms with Crippen molar-refractivity contribution in [1.29, 1.82) is 0 Å². The molecule has 9 heteroatoms. The molecule has 234 valence electrons. The van der Waals surface area contributed by atoms with E-state index in [1.165, 1.54) is 0 Å². The summed E-state index contributed by atoms with van der Waals surface area (Å²) in [4.78, 5) is 46.3. The maximum absolute atomic E-state index is 14.8. The zero-order valence-corrected chi connectivity index (χ0v) is 26.1. The molecule has 2 amide bonds. The molecule has 2 aromatic rings. The molecule has 1 spiro atoms. The quantitative estimate of drug-likeness (QED) is 0.174. The first-order chi connectivity index (χ1) is 21.4. The maximum Gasteiger partial charge on any atom is 0.310 e. The molecule has 3 heterocycles. The van der Waals surface area contributed by atoms with Gasteiger partial charge in [-0.3, -0.25) is 14.4 Å². The highest BCUT2D eigenvalue weighted by Crippen LogP contribution is 2.67. The standard InChI is InChI=1S/C35H42N2O6S/c1-4-6-7-11-21-43-34(41)29-28-18-19-35(44-28)30(29)32(39)37(26(23-38)22-24-12-9-8-10-13-24)31(35)33(40)36(20-5-2)25-14-16-27(42-3)17-15-25/h4-5,8-10,12-17,26,28-31,38H,1-2,6-7,11,18-23H2,3H3/t26-,28-,29+,30+,31?,35?/m1/s1. The third-order valence-corrected chi connectivity index (χ3v) is 11.1. The van der Waals surface area contributed by atoms with E-state index in [1.807, 2.05) is 48.5 Å². The van der Waals surface area contributed by atoms with Crippen LogP contribution in [0.3, 0.4) is 0 Å². The van der Waals surface area contributed by atoms with Gasteiger partial charge >= 0.3 is 5.97 Å². The van der Waals surface area contributed by atoms with Crippen LogP contribution >= 0.6 is 11.8 Å². The monoisotopic (exact) mass is 618 g/mol. The molecule has 8 nitrogen and oxygen atoms in total. The van der Waals surface area contributed by atoms with Gasteiger partial charge in [-0.2, -0.15) is 0 Å². The number of esters is 1. The Labute approximate surface area is 264 Å². The van der Waals surface area contributed by atoms with Gasteiger partial charge in [-0.25, -0.2) is 0 Å². The molecule has 0 radical (unpaired) electrons. The summed E-state index contributed by atoms with van der Waals surface area (Å²) in [6.45, 7) is 7.84. The lowest BCUT2D eigenvalue weighted by atomic mass is 9.71. The lowest BCUT2D eigenvalue weighted by molar-refractivity contribution is -0.154. The van der Waals surface area contributed by atoms with Crippen LogP contribution in [0.15, 0.2) is 79.9 Å². The van der Waals surface area contributed by atoms with E-state index in [0.29, 0.717) is 30.9 Å². The first kappa shape index (κ1) is 31.9. The molecule has 3 aliphatic heterocycles. The van der Waals surface area contributed by atoms with Crippen LogP contribution in [0.25, 0.3) is 0 Å². The summed E-state index contributed by atoms with van der Waals surface area (Å²) in [7, 11) is 1.58. The number of hydrogen-bond acceptors (Lipinski definition) is 7. The van der Waals surface area contributed by atoms with Gasteiger partial charge in [0.15, 0.2) is 0 Å². The summed E-state index contributed by atoms with van der Waals surface area (Å²) >= 11 is 1.60. The minimum atomic E-state index is -0.872. The molecule has 3 saturated heterocycles. The number of aliphatic hydroxyl groups excluding tert-OH is 1. The van der Waals surface area contributed by atoms with Gasteiger partial charge < -0.3 is 24.4 Å². The number of hydrogen-bond donors (Lipinski definition) is 1. The fourth-order valence-electron chi connectivity index (χ4n) is 7.19. The third-order valence-electron chi connectivity index (χ3n) is 9.17. The van der Waals surface area contributed by atoms with E-state index in [9.17, 15) is 19.5 Å². The van der Waals surface area contributed by atoms with Crippen molar-refractivity contribution in [3.8, 4) is 5.75 Å². The predicted octanol–water partition coefficient (Wildman–Crippen LogP) is 4.81. The fraction of sp³-hybridized carbons (Fsp3) is 0.457. The molecule has 1 N–H and O–H groups in total. The number of fused-ring (bicyclic) bond motifs is 1. The summed E-state index contributed by atoms with van der Waals surface area (Å²) in [5.74, 6) is -1.54. The smallest absolute Gasteiger partial charge is 0.310 e. The molecule has 5 rings (SSSR count). The first-order valence-electron chi connectivity index (χ1n) is 15.4. The normalized spacial score (nSPS) is 25.8. The Balaban J connectivity index is 1.52. The Morgan fingerprint density at radius 3 is 2.55 bits per heavy atom. The number of ether oxygens (including phenoxy) is 2. The van der Waals surface area contributed by atoms with Gasteiger partial charge in [0.05, 0.1) is 42.9 Å². The van der Waals surface area contributed by atoms with Crippen LogP contribution in [0.5, 0.6) is 5.75 Å². The van der Waals surface area contributed by atoms with Crippen molar-refractivity contribution in [2.45, 2.75) is 60.6 Å². The summed E-state index contributed by atoms with van der Waals surface area (Å²) in [5, 5.41) is 10.6. The Morgan fingerprint density at radius 2 is 1.89 bits per heavy atom. The Bertz CT molecular complexity index is 1350. The van der Waals surface area contributed by atoms with Crippen LogP contribution in [-0.2, 0) is 25.5 Å². The highest BCUT2D eigenvalue weighted by atomic mass is 32.2. The highest BCUT2D eigenvalue weighted by molar-refractivity contribution is 8.02. The van der Waals surface area contributed by atoms with E-state index in [2.05, 4.69) is 13.2 Å². The minimum absolute atomic E-state index is 0.0994. The molecule has 2 unspecified atom stereocenters. The Morgan fingerprint density at radius 1 is 1.14 bits per heavy atom. The SMILES string of the molecule is C=CCCCCOC(=O)[C@@H]1[C@H]2C(=O)N([C@@H](CO)Cc3ccccc3)C(C(=O)N(CC=C)c3ccc(OC)cc3)C23CC[C@H]1S3. The number of thioether (sulfide) groups is 1. The molecule has 44 heavy (non-hydrogen) atoms. The van der Waals surface area contributed by atoms with E-state index in [-0.39, 0.29) is 36.2 Å². The van der Waals surface area contributed by atoms with Crippen LogP contribution < -0.4 is 9.64 Å². The lowest BCUT2D eigenvalue weighted by Crippen LogP contribution is -2.58. The molecule has 3 aliphatic rings. The lowest BCUT2D eigenvalue weighted by Gasteiger charge is -2.39. The number of likely N-dealkylation sites (tertiary alicyclic amines) is 1. The fourth-order valence-corrected chi connectivity index (χ4v) is 9.38. The molecule has 0 aliphatic carbocycles. The molecule has 2 bridgehead atoms. The minimum Gasteiger partial charge on any atom is -0.497 e. The van der Waals surface area contributed by atoms with E-state index < -0.39 is 28.7 Å². The van der Waals surface area contributed by atoms with Crippen molar-refractivity contribution in [3.05, 3.63) is 85.5 Å². The number of amides is 2. The molecule has 0 aromatic heterocycles. The first-order valence-corrected chi connectivity index (χ1v) is 16.3. The van der Waals surface area contributed by atoms with Crippen molar-refractivity contribution in [1.82, 2.24) is 4.90 Å². The van der Waals surface area contributed by atoms with Gasteiger partial charge in [-0.1, -0.05) is 42.5 Å². The number of nitrogens with zero attached hydrogens (tertiary/aromatic N) is 2. The van der Waals surface area contributed by atoms with Crippen LogP contribution in [-0.4, -0.2) is 76.7 Å². The van der Waals surface area contributed by atoms with Gasteiger partial charge in [0.25, 0.3) is 5.91 Å². The van der Waals surface area contributed by atoms with Crippen LogP contribution in [0, 0.1) is 11.8 Å². The van der Waals surface area contributed by atoms with E-state index in [0.717, 1.165) is 31.2 Å². The second-order valence-electron chi connectivity index (χ2n) is 11.7. The van der Waals surface area contributed by atoms with E-state index in [1.54, 1.807) is 46.9 Å². The van der Waals surface area contributed by atoms with Crippen LogP contribution in [0.2, 0.25) is 0 Å². The van der Waals surface area contributed by atoms with Crippen molar-refractivity contribution in [2.24, 2.45) is 11.8 Å². The maximum atomic E-state index is 14.8. The van der Waals surface area contributed by atoms with Crippen molar-refractivity contribution in [3.63, 3.8) is 0 Å². The molecular formula is C35H42N2O6S. The summed E-state index contributed by atoms with van der Waals surface area (Å²) in [5.41, 5.74) is 1.60. The largest absolute Gasteiger partial charge is 0.497 e. The average Bonchev–Trinajstić information content (AvgIpc) is 3.70. The van der Waals surface area contributed by atoms with Crippen molar-refractivity contribution in [2.75, 3.05) is 31.8 Å². The number of carbonyl (C=O) groups excluding carboxylic acids is 3. The zero-order valence-electron chi connectivity index (χ0n) is 25.3. The summed E-state index contributed by atoms with van der Waals surface area (Å²) in [6.07, 6.45) is 7.68. The number of benzene rings is 2. The molecule has 3 fully saturated rings. The molecular weight excluding hydrogens is 576 g/mol. The Kier molecular flexibility index (Phi) is 10.2. The number of anilines is 1. The van der Waals surface area contributed by atoms with Crippen molar-refractivity contribution < 1.29 is 29.0 Å². The Hall–Kier alpha value is -3.56. The van der Waals surface area contributed by atoms with Gasteiger partial charge in [0.1, 0.15) is 11.8 Å². The number of unbranched alkanes of at least 4 members (excludes halogenated alkanes) is 2. The number of methoxy groups -OCH3 is 1. The number of rotatable bonds is 15. The second kappa shape index (κ2) is 14.0. The second-order valence-corrected chi connectivity index (χ2v) is 13.3. The van der Waals surface area contributed by atoms with Crippen LogP contribution in [0.4, 0.5) is 5.69 Å². The predicted molar refractivity (Wildman–Crippen MR) is 173 cm³/mol. The van der Waals surface area contributed by atoms with Crippen molar-refractivity contribution >= 4 is 35.2 Å². The molecule has 6 atom stereocenters. The average molecular weight is 619 g/mol. The number of carbonyl (C=O) groups is 3. The third kappa shape index (κ3) is 5.92. The van der Waals surface area contributed by atoms with Crippen LogP contribution in [0.1, 0.15) is 37.7 Å². The van der Waals surface area contributed by atoms with Gasteiger partial charge in [-0.05, 0) is 68.4 Å². The number of aliphatic hydroxyl groups is 1. The highest BCUT2D eigenvalue weighted by Gasteiger charge is 2.74. The molecule has 0 saturated carbocycles.